The molecule has 192 valence electrons. The molecule has 0 aliphatic heterocycles. The number of hydrogen-bond acceptors (Lipinski definition) is 4. The summed E-state index contributed by atoms with van der Waals surface area (Å²) in [6.07, 6.45) is -2.36. The number of halogens is 6. The molecule has 2 heterocycles. The van der Waals surface area contributed by atoms with Gasteiger partial charge in [0.1, 0.15) is 34.5 Å². The molecule has 0 bridgehead atoms. The summed E-state index contributed by atoms with van der Waals surface area (Å²) >= 11 is 0. The highest BCUT2D eigenvalue weighted by Crippen LogP contribution is 2.43. The Morgan fingerprint density at radius 2 is 1.63 bits per heavy atom. The number of benzene rings is 3. The molecular formula is C27H15F6N3O2. The van der Waals surface area contributed by atoms with Crippen LogP contribution in [-0.4, -0.2) is 14.5 Å². The van der Waals surface area contributed by atoms with E-state index in [0.29, 0.717) is 12.1 Å². The number of aromatic nitrogens is 3. The van der Waals surface area contributed by atoms with Crippen LogP contribution in [0.4, 0.5) is 26.3 Å². The van der Waals surface area contributed by atoms with Crippen LogP contribution in [-0.2, 0) is 12.7 Å². The Morgan fingerprint density at radius 3 is 2.32 bits per heavy atom. The summed E-state index contributed by atoms with van der Waals surface area (Å²) in [6, 6.07) is 13.3. The van der Waals surface area contributed by atoms with Crippen molar-refractivity contribution in [3.8, 4) is 22.8 Å². The molecule has 3 aromatic carbocycles. The minimum absolute atomic E-state index is 0.0673. The standard InChI is InChI=1S/C27H15F6N3O2/c28-15-10-20(29)19(21(30)11-15)13-36-14-35-26(37)18-12-16(7-8-23(18)36)38-24-6-3-4-17(25(24)27(31,32)33)22-5-1-2-9-34-22/h1-12,14H,13H2. The highest BCUT2D eigenvalue weighted by atomic mass is 19.4. The Hall–Kier alpha value is -4.67. The number of rotatable bonds is 5. The van der Waals surface area contributed by atoms with E-state index in [0.717, 1.165) is 12.4 Å². The summed E-state index contributed by atoms with van der Waals surface area (Å²) in [4.78, 5) is 20.2. The zero-order valence-electron chi connectivity index (χ0n) is 19.1. The third-order valence-corrected chi connectivity index (χ3v) is 5.73. The first-order valence-electron chi connectivity index (χ1n) is 11.0. The van der Waals surface area contributed by atoms with E-state index in [9.17, 15) is 31.1 Å². The lowest BCUT2D eigenvalue weighted by Crippen LogP contribution is -2.14. The molecule has 0 fully saturated rings. The molecule has 0 amide bonds. The van der Waals surface area contributed by atoms with E-state index < -0.39 is 52.6 Å². The van der Waals surface area contributed by atoms with Gasteiger partial charge in [-0.25, -0.2) is 13.2 Å². The predicted octanol–water partition coefficient (Wildman–Crippen LogP) is 6.74. The van der Waals surface area contributed by atoms with Crippen LogP contribution in [0.15, 0.2) is 84.0 Å². The highest BCUT2D eigenvalue weighted by molar-refractivity contribution is 5.80. The Labute approximate surface area is 210 Å². The quantitative estimate of drug-likeness (QED) is 0.238. The highest BCUT2D eigenvalue weighted by Gasteiger charge is 2.38. The second-order valence-corrected chi connectivity index (χ2v) is 8.20. The van der Waals surface area contributed by atoms with E-state index >= 15 is 0 Å². The maximum Gasteiger partial charge on any atom is 0.420 e. The molecule has 0 N–H and O–H groups in total. The van der Waals surface area contributed by atoms with Gasteiger partial charge in [0.2, 0.25) is 0 Å². The minimum Gasteiger partial charge on any atom is -0.457 e. The van der Waals surface area contributed by atoms with E-state index in [2.05, 4.69) is 9.97 Å². The average molecular weight is 527 g/mol. The van der Waals surface area contributed by atoms with Gasteiger partial charge in [-0.05, 0) is 36.4 Å². The fourth-order valence-electron chi connectivity index (χ4n) is 4.04. The van der Waals surface area contributed by atoms with Crippen LogP contribution in [0.25, 0.3) is 22.2 Å². The second-order valence-electron chi connectivity index (χ2n) is 8.20. The number of pyridine rings is 1. The Morgan fingerprint density at radius 1 is 0.868 bits per heavy atom. The van der Waals surface area contributed by atoms with Crippen molar-refractivity contribution in [1.82, 2.24) is 14.5 Å². The Balaban J connectivity index is 1.56. The largest absolute Gasteiger partial charge is 0.457 e. The lowest BCUT2D eigenvalue weighted by Gasteiger charge is -2.18. The number of alkyl halides is 3. The van der Waals surface area contributed by atoms with E-state index in [1.54, 1.807) is 12.1 Å². The summed E-state index contributed by atoms with van der Waals surface area (Å²) in [5.41, 5.74) is -2.16. The molecule has 38 heavy (non-hydrogen) atoms. The first-order chi connectivity index (χ1) is 18.1. The lowest BCUT2D eigenvalue weighted by atomic mass is 10.0. The molecular weight excluding hydrogens is 512 g/mol. The number of ether oxygens (including phenoxy) is 1. The molecule has 11 heteroatoms. The van der Waals surface area contributed by atoms with Crippen molar-refractivity contribution < 1.29 is 31.1 Å². The van der Waals surface area contributed by atoms with Crippen LogP contribution in [0.5, 0.6) is 11.5 Å². The number of hydrogen-bond donors (Lipinski definition) is 0. The zero-order chi connectivity index (χ0) is 27.0. The Bertz CT molecular complexity index is 1700. The Kier molecular flexibility index (Phi) is 6.35. The first-order valence-corrected chi connectivity index (χ1v) is 11.0. The summed E-state index contributed by atoms with van der Waals surface area (Å²) in [6.45, 7) is -0.424. The van der Waals surface area contributed by atoms with E-state index in [1.165, 1.54) is 47.2 Å². The zero-order valence-corrected chi connectivity index (χ0v) is 19.1. The van der Waals surface area contributed by atoms with Gasteiger partial charge in [0.15, 0.2) is 0 Å². The number of nitrogens with zero attached hydrogens (tertiary/aromatic N) is 3. The number of fused-ring (bicyclic) bond motifs is 1. The van der Waals surface area contributed by atoms with Gasteiger partial charge in [0.25, 0.3) is 5.56 Å². The van der Waals surface area contributed by atoms with Gasteiger partial charge in [-0.15, -0.1) is 0 Å². The molecule has 0 aliphatic carbocycles. The lowest BCUT2D eigenvalue weighted by molar-refractivity contribution is -0.138. The van der Waals surface area contributed by atoms with E-state index in [-0.39, 0.29) is 27.9 Å². The molecule has 5 aromatic rings. The van der Waals surface area contributed by atoms with Gasteiger partial charge in [0, 0.05) is 29.5 Å². The summed E-state index contributed by atoms with van der Waals surface area (Å²) in [5, 5.41) is -0.0673. The molecule has 5 rings (SSSR count). The molecule has 0 spiro atoms. The van der Waals surface area contributed by atoms with Crippen LogP contribution in [0, 0.1) is 17.5 Å². The molecule has 0 saturated heterocycles. The summed E-state index contributed by atoms with van der Waals surface area (Å²) in [7, 11) is 0. The third-order valence-electron chi connectivity index (χ3n) is 5.73. The van der Waals surface area contributed by atoms with Crippen LogP contribution < -0.4 is 10.3 Å². The molecule has 0 saturated carbocycles. The van der Waals surface area contributed by atoms with Crippen LogP contribution >= 0.6 is 0 Å². The SMILES string of the molecule is O=c1ncn(Cc2c(F)cc(F)cc2F)c2ccc(Oc3cccc(-c4ccccn4)c3C(F)(F)F)cc12. The van der Waals surface area contributed by atoms with Crippen LogP contribution in [0.3, 0.4) is 0 Å². The minimum atomic E-state index is -4.79. The molecule has 0 aliphatic rings. The molecule has 0 radical (unpaired) electrons. The topological polar surface area (TPSA) is 57.0 Å². The van der Waals surface area contributed by atoms with E-state index in [1.807, 2.05) is 0 Å². The van der Waals surface area contributed by atoms with E-state index in [4.69, 9.17) is 4.74 Å². The fraction of sp³-hybridized carbons (Fsp3) is 0.0741. The van der Waals surface area contributed by atoms with Crippen molar-refractivity contribution in [3.05, 3.63) is 118 Å². The molecule has 0 atom stereocenters. The summed E-state index contributed by atoms with van der Waals surface area (Å²) < 4.78 is 90.8. The molecule has 2 aromatic heterocycles. The van der Waals surface area contributed by atoms with Crippen molar-refractivity contribution in [2.24, 2.45) is 0 Å². The maximum absolute atomic E-state index is 14.2. The van der Waals surface area contributed by atoms with Gasteiger partial charge >= 0.3 is 6.18 Å². The maximum atomic E-state index is 14.2. The van der Waals surface area contributed by atoms with Gasteiger partial charge < -0.3 is 9.30 Å². The van der Waals surface area contributed by atoms with Crippen molar-refractivity contribution in [2.75, 3.05) is 0 Å². The molecule has 0 unspecified atom stereocenters. The van der Waals surface area contributed by atoms with Crippen LogP contribution in [0.2, 0.25) is 0 Å². The second kappa shape index (κ2) is 9.66. The first kappa shape index (κ1) is 25.0. The van der Waals surface area contributed by atoms with Crippen LogP contribution in [0.1, 0.15) is 11.1 Å². The van der Waals surface area contributed by atoms with Gasteiger partial charge in [-0.2, -0.15) is 18.2 Å². The monoisotopic (exact) mass is 527 g/mol. The van der Waals surface area contributed by atoms with Gasteiger partial charge in [-0.3, -0.25) is 9.78 Å². The fourth-order valence-corrected chi connectivity index (χ4v) is 4.04. The van der Waals surface area contributed by atoms with Crippen molar-refractivity contribution in [2.45, 2.75) is 12.7 Å². The van der Waals surface area contributed by atoms with Crippen molar-refractivity contribution in [1.29, 1.82) is 0 Å². The average Bonchev–Trinajstić information content (AvgIpc) is 2.87. The predicted molar refractivity (Wildman–Crippen MR) is 126 cm³/mol. The smallest absolute Gasteiger partial charge is 0.420 e. The van der Waals surface area contributed by atoms with Crippen molar-refractivity contribution in [3.63, 3.8) is 0 Å². The normalized spacial score (nSPS) is 11.6. The molecule has 5 nitrogen and oxygen atoms in total. The van der Waals surface area contributed by atoms with Crippen molar-refractivity contribution >= 4 is 10.9 Å². The summed E-state index contributed by atoms with van der Waals surface area (Å²) in [5.74, 6) is -3.95. The van der Waals surface area contributed by atoms with Gasteiger partial charge in [-0.1, -0.05) is 18.2 Å². The van der Waals surface area contributed by atoms with Gasteiger partial charge in [0.05, 0.1) is 29.5 Å². The third kappa shape index (κ3) is 4.82.